The molecule has 1 N–H and O–H groups in total. The molecule has 5 nitrogen and oxygen atoms in total. The average Bonchev–Trinajstić information content (AvgIpc) is 2.52. The minimum absolute atomic E-state index is 0.480. The van der Waals surface area contributed by atoms with Gasteiger partial charge in [0.05, 0.1) is 0 Å². The van der Waals surface area contributed by atoms with Crippen LogP contribution in [-0.4, -0.2) is 64.5 Å². The summed E-state index contributed by atoms with van der Waals surface area (Å²) in [5.41, 5.74) is 0.880. The number of likely N-dealkylation sites (N-methyl/N-ethyl adjacent to an activating group) is 1. The lowest BCUT2D eigenvalue weighted by atomic mass is 10.2. The van der Waals surface area contributed by atoms with Crippen molar-refractivity contribution >= 4 is 16.1 Å². The van der Waals surface area contributed by atoms with Gasteiger partial charge in [0.1, 0.15) is 0 Å². The highest BCUT2D eigenvalue weighted by atomic mass is 32.2. The second kappa shape index (κ2) is 8.43. The first kappa shape index (κ1) is 17.1. The molecule has 6 heteroatoms. The molecule has 1 aromatic carbocycles. The lowest BCUT2D eigenvalue weighted by molar-refractivity contribution is 0.153. The van der Waals surface area contributed by atoms with E-state index < -0.39 is 10.0 Å². The van der Waals surface area contributed by atoms with Gasteiger partial charge in [-0.25, -0.2) is 13.1 Å². The summed E-state index contributed by atoms with van der Waals surface area (Å²) in [6.45, 7) is 5.73. The Hall–Kier alpha value is -1.21. The van der Waals surface area contributed by atoms with E-state index in [9.17, 15) is 8.42 Å². The summed E-state index contributed by atoms with van der Waals surface area (Å²) in [6, 6.07) is 9.42. The molecule has 1 aliphatic rings. The molecule has 2 rings (SSSR count). The predicted molar refractivity (Wildman–Crippen MR) is 91.0 cm³/mol. The van der Waals surface area contributed by atoms with Crippen LogP contribution in [0.3, 0.4) is 0 Å². The van der Waals surface area contributed by atoms with Gasteiger partial charge in [-0.05, 0) is 31.7 Å². The van der Waals surface area contributed by atoms with E-state index in [1.165, 1.54) is 5.41 Å². The number of nitrogens with zero attached hydrogens (tertiary/aromatic N) is 2. The maximum Gasteiger partial charge on any atom is 0.233 e. The first-order chi connectivity index (χ1) is 10.6. The van der Waals surface area contributed by atoms with E-state index in [1.54, 1.807) is 6.08 Å². The van der Waals surface area contributed by atoms with E-state index in [0.717, 1.165) is 44.7 Å². The molecule has 0 saturated carbocycles. The SMILES string of the molecule is CN1CCN(CCCNS(=O)(=O)C=Cc2ccccc2)CC1. The fourth-order valence-corrected chi connectivity index (χ4v) is 3.23. The fourth-order valence-electron chi connectivity index (χ4n) is 2.37. The van der Waals surface area contributed by atoms with Crippen molar-refractivity contribution < 1.29 is 8.42 Å². The van der Waals surface area contributed by atoms with Crippen molar-refractivity contribution in [1.29, 1.82) is 0 Å². The van der Waals surface area contributed by atoms with Crippen molar-refractivity contribution in [2.24, 2.45) is 0 Å². The monoisotopic (exact) mass is 323 g/mol. The topological polar surface area (TPSA) is 52.6 Å². The van der Waals surface area contributed by atoms with Crippen molar-refractivity contribution in [3.05, 3.63) is 41.3 Å². The Labute approximate surface area is 133 Å². The second-order valence-electron chi connectivity index (χ2n) is 5.65. The number of rotatable bonds is 7. The maximum atomic E-state index is 11.9. The van der Waals surface area contributed by atoms with Gasteiger partial charge in [-0.3, -0.25) is 0 Å². The molecule has 1 saturated heterocycles. The Bertz CT molecular complexity index is 564. The zero-order valence-electron chi connectivity index (χ0n) is 13.1. The van der Waals surface area contributed by atoms with Crippen LogP contribution >= 0.6 is 0 Å². The highest BCUT2D eigenvalue weighted by Crippen LogP contribution is 2.03. The van der Waals surface area contributed by atoms with E-state index >= 15 is 0 Å². The van der Waals surface area contributed by atoms with Crippen LogP contribution in [0.25, 0.3) is 6.08 Å². The quantitative estimate of drug-likeness (QED) is 0.767. The molecule has 0 radical (unpaired) electrons. The Morgan fingerprint density at radius 2 is 1.82 bits per heavy atom. The molecule has 0 amide bonds. The van der Waals surface area contributed by atoms with Gasteiger partial charge in [-0.2, -0.15) is 0 Å². The second-order valence-corrected chi connectivity index (χ2v) is 7.30. The van der Waals surface area contributed by atoms with Gasteiger partial charge in [-0.1, -0.05) is 30.3 Å². The molecule has 1 aromatic rings. The van der Waals surface area contributed by atoms with Crippen LogP contribution in [0.4, 0.5) is 0 Å². The predicted octanol–water partition coefficient (Wildman–Crippen LogP) is 1.21. The molecular weight excluding hydrogens is 298 g/mol. The first-order valence-corrected chi connectivity index (χ1v) is 9.23. The van der Waals surface area contributed by atoms with Crippen molar-refractivity contribution in [3.8, 4) is 0 Å². The summed E-state index contributed by atoms with van der Waals surface area (Å²) in [5.74, 6) is 0. The van der Waals surface area contributed by atoms with Crippen LogP contribution in [0.5, 0.6) is 0 Å². The molecule has 1 heterocycles. The number of sulfonamides is 1. The Morgan fingerprint density at radius 1 is 1.14 bits per heavy atom. The molecule has 122 valence electrons. The summed E-state index contributed by atoms with van der Waals surface area (Å²) in [7, 11) is -1.22. The molecule has 0 aromatic heterocycles. The summed E-state index contributed by atoms with van der Waals surface area (Å²) >= 11 is 0. The number of benzene rings is 1. The van der Waals surface area contributed by atoms with Gasteiger partial charge in [0.25, 0.3) is 0 Å². The van der Waals surface area contributed by atoms with Gasteiger partial charge < -0.3 is 9.80 Å². The summed E-state index contributed by atoms with van der Waals surface area (Å²) in [5, 5.41) is 1.23. The van der Waals surface area contributed by atoms with Crippen molar-refractivity contribution in [2.45, 2.75) is 6.42 Å². The van der Waals surface area contributed by atoms with E-state index in [2.05, 4.69) is 21.6 Å². The van der Waals surface area contributed by atoms with Gasteiger partial charge in [0.2, 0.25) is 10.0 Å². The molecule has 1 fully saturated rings. The van der Waals surface area contributed by atoms with E-state index in [-0.39, 0.29) is 0 Å². The van der Waals surface area contributed by atoms with Crippen LogP contribution in [0.1, 0.15) is 12.0 Å². The Kier molecular flexibility index (Phi) is 6.57. The maximum absolute atomic E-state index is 11.9. The normalized spacial score (nSPS) is 18.0. The van der Waals surface area contributed by atoms with Crippen LogP contribution in [0.15, 0.2) is 35.7 Å². The van der Waals surface area contributed by atoms with Gasteiger partial charge in [0, 0.05) is 38.1 Å². The molecule has 0 aliphatic carbocycles. The average molecular weight is 323 g/mol. The van der Waals surface area contributed by atoms with Gasteiger partial charge in [0.15, 0.2) is 0 Å². The lowest BCUT2D eigenvalue weighted by Gasteiger charge is -2.32. The molecule has 0 unspecified atom stereocenters. The summed E-state index contributed by atoms with van der Waals surface area (Å²) in [6.07, 6.45) is 2.45. The van der Waals surface area contributed by atoms with E-state index in [0.29, 0.717) is 6.54 Å². The van der Waals surface area contributed by atoms with Crippen LogP contribution in [0, 0.1) is 0 Å². The largest absolute Gasteiger partial charge is 0.304 e. The number of hydrogen-bond donors (Lipinski definition) is 1. The third-order valence-corrected chi connectivity index (χ3v) is 4.89. The van der Waals surface area contributed by atoms with Crippen LogP contribution < -0.4 is 4.72 Å². The summed E-state index contributed by atoms with van der Waals surface area (Å²) < 4.78 is 26.4. The third-order valence-electron chi connectivity index (χ3n) is 3.79. The van der Waals surface area contributed by atoms with E-state index in [1.807, 2.05) is 30.3 Å². The Morgan fingerprint density at radius 3 is 2.50 bits per heavy atom. The zero-order valence-corrected chi connectivity index (χ0v) is 13.9. The number of piperazine rings is 1. The molecule has 1 aliphatic heterocycles. The van der Waals surface area contributed by atoms with Crippen LogP contribution in [-0.2, 0) is 10.0 Å². The van der Waals surface area contributed by atoms with E-state index in [4.69, 9.17) is 0 Å². The zero-order chi connectivity index (χ0) is 15.8. The van der Waals surface area contributed by atoms with Crippen molar-refractivity contribution in [1.82, 2.24) is 14.5 Å². The number of nitrogens with one attached hydrogen (secondary N) is 1. The molecule has 0 atom stereocenters. The minimum atomic E-state index is -3.35. The Balaban J connectivity index is 1.68. The lowest BCUT2D eigenvalue weighted by Crippen LogP contribution is -2.45. The third kappa shape index (κ3) is 6.27. The molecular formula is C16H25N3O2S. The highest BCUT2D eigenvalue weighted by molar-refractivity contribution is 7.92. The van der Waals surface area contributed by atoms with Crippen LogP contribution in [0.2, 0.25) is 0 Å². The number of hydrogen-bond acceptors (Lipinski definition) is 4. The first-order valence-electron chi connectivity index (χ1n) is 7.69. The smallest absolute Gasteiger partial charge is 0.233 e. The van der Waals surface area contributed by atoms with Crippen molar-refractivity contribution in [2.75, 3.05) is 46.3 Å². The van der Waals surface area contributed by atoms with Crippen molar-refractivity contribution in [3.63, 3.8) is 0 Å². The molecule has 22 heavy (non-hydrogen) atoms. The highest BCUT2D eigenvalue weighted by Gasteiger charge is 2.13. The van der Waals surface area contributed by atoms with Gasteiger partial charge in [-0.15, -0.1) is 0 Å². The fraction of sp³-hybridized carbons (Fsp3) is 0.500. The molecule has 0 bridgehead atoms. The summed E-state index contributed by atoms with van der Waals surface area (Å²) in [4.78, 5) is 4.70. The molecule has 0 spiro atoms. The van der Waals surface area contributed by atoms with Gasteiger partial charge >= 0.3 is 0 Å². The minimum Gasteiger partial charge on any atom is -0.304 e. The standard InChI is InChI=1S/C16H25N3O2S/c1-18-11-13-19(14-12-18)10-5-9-17-22(20,21)15-8-16-6-3-2-4-7-16/h2-4,6-8,15,17H,5,9-14H2,1H3.